The van der Waals surface area contributed by atoms with E-state index in [0.717, 1.165) is 19.5 Å². The fourth-order valence-corrected chi connectivity index (χ4v) is 3.67. The molecule has 1 saturated heterocycles. The molecule has 1 fully saturated rings. The van der Waals surface area contributed by atoms with Gasteiger partial charge in [0.2, 0.25) is 0 Å². The van der Waals surface area contributed by atoms with Crippen LogP contribution < -0.4 is 10.2 Å². The summed E-state index contributed by atoms with van der Waals surface area (Å²) >= 11 is 0. The van der Waals surface area contributed by atoms with Gasteiger partial charge in [0.25, 0.3) is 5.91 Å². The number of nitrogens with zero attached hydrogens (tertiary/aromatic N) is 2. The monoisotopic (exact) mass is 365 g/mol. The van der Waals surface area contributed by atoms with Crippen LogP contribution in [0.1, 0.15) is 21.5 Å². The molecule has 0 saturated carbocycles. The van der Waals surface area contributed by atoms with Crippen LogP contribution in [0.2, 0.25) is 0 Å². The van der Waals surface area contributed by atoms with E-state index in [2.05, 4.69) is 39.2 Å². The van der Waals surface area contributed by atoms with Crippen molar-refractivity contribution in [3.63, 3.8) is 0 Å². The number of hydrogen-bond acceptors (Lipinski definition) is 4. The molecule has 4 rings (SSSR count). The van der Waals surface area contributed by atoms with E-state index in [1.165, 1.54) is 23.9 Å². The lowest BCUT2D eigenvalue weighted by Gasteiger charge is -2.38. The van der Waals surface area contributed by atoms with Crippen LogP contribution in [0.15, 0.2) is 48.5 Å². The number of fused-ring (bicyclic) bond motifs is 1. The number of amides is 2. The van der Waals surface area contributed by atoms with Crippen molar-refractivity contribution in [2.24, 2.45) is 0 Å². The van der Waals surface area contributed by atoms with Crippen LogP contribution in [0.3, 0.4) is 0 Å². The summed E-state index contributed by atoms with van der Waals surface area (Å²) in [5.74, 6) is -0.109. The van der Waals surface area contributed by atoms with Crippen LogP contribution >= 0.6 is 0 Å². The van der Waals surface area contributed by atoms with Gasteiger partial charge >= 0.3 is 6.09 Å². The molecule has 0 aromatic heterocycles. The quantitative estimate of drug-likeness (QED) is 0.904. The average Bonchev–Trinajstić information content (AvgIpc) is 3.07. The first-order valence-electron chi connectivity index (χ1n) is 9.19. The molecule has 1 N–H and O–H groups in total. The van der Waals surface area contributed by atoms with Gasteiger partial charge in [0, 0.05) is 37.4 Å². The summed E-state index contributed by atoms with van der Waals surface area (Å²) in [6.07, 6.45) is 0.731. The Labute approximate surface area is 158 Å². The lowest BCUT2D eigenvalue weighted by Crippen LogP contribution is -2.60. The fraction of sp³-hybridized carbons (Fsp3) is 0.333. The summed E-state index contributed by atoms with van der Waals surface area (Å²) < 4.78 is 4.65. The lowest BCUT2D eigenvalue weighted by molar-refractivity contribution is 0.0697. The Hall–Kier alpha value is -3.02. The van der Waals surface area contributed by atoms with Gasteiger partial charge < -0.3 is 19.9 Å². The van der Waals surface area contributed by atoms with Crippen LogP contribution in [-0.2, 0) is 17.7 Å². The molecule has 2 heterocycles. The Morgan fingerprint density at radius 1 is 1.11 bits per heavy atom. The molecule has 2 amide bonds. The number of ether oxygens (including phenoxy) is 1. The van der Waals surface area contributed by atoms with Crippen LogP contribution in [-0.4, -0.2) is 49.7 Å². The van der Waals surface area contributed by atoms with Gasteiger partial charge in [0.1, 0.15) is 0 Å². The molecule has 0 atom stereocenters. The average molecular weight is 365 g/mol. The number of carbonyl (C=O) groups is 2. The largest absolute Gasteiger partial charge is 0.453 e. The first kappa shape index (κ1) is 17.4. The Bertz CT molecular complexity index is 844. The van der Waals surface area contributed by atoms with Crippen molar-refractivity contribution in [3.8, 4) is 0 Å². The lowest BCUT2D eigenvalue weighted by atomic mass is 10.1. The molecule has 0 unspecified atom stereocenters. The summed E-state index contributed by atoms with van der Waals surface area (Å²) in [5.41, 5.74) is 4.52. The first-order valence-corrected chi connectivity index (χ1v) is 9.19. The highest BCUT2D eigenvalue weighted by Crippen LogP contribution is 2.28. The molecule has 2 aromatic rings. The van der Waals surface area contributed by atoms with Gasteiger partial charge in [-0.3, -0.25) is 4.79 Å². The minimum atomic E-state index is -0.353. The van der Waals surface area contributed by atoms with Crippen LogP contribution in [0.4, 0.5) is 10.5 Å². The van der Waals surface area contributed by atoms with Crippen molar-refractivity contribution in [3.05, 3.63) is 65.2 Å². The Balaban J connectivity index is 1.32. The van der Waals surface area contributed by atoms with Crippen molar-refractivity contribution >= 4 is 17.7 Å². The maximum atomic E-state index is 12.4. The molecule has 0 aliphatic carbocycles. The van der Waals surface area contributed by atoms with Gasteiger partial charge in [-0.25, -0.2) is 4.79 Å². The zero-order valence-electron chi connectivity index (χ0n) is 15.4. The Kier molecular flexibility index (Phi) is 4.71. The Morgan fingerprint density at radius 3 is 2.59 bits per heavy atom. The predicted molar refractivity (Wildman–Crippen MR) is 103 cm³/mol. The third kappa shape index (κ3) is 3.60. The van der Waals surface area contributed by atoms with Crippen molar-refractivity contribution in [1.82, 2.24) is 10.2 Å². The maximum Gasteiger partial charge on any atom is 0.409 e. The SMILES string of the molecule is COC(=O)N1CC(NC(=O)c2ccc(CN3CCc4ccccc43)cc2)C1. The highest BCUT2D eigenvalue weighted by atomic mass is 16.5. The molecule has 140 valence electrons. The second-order valence-electron chi connectivity index (χ2n) is 7.04. The smallest absolute Gasteiger partial charge is 0.409 e. The van der Waals surface area contributed by atoms with E-state index in [9.17, 15) is 9.59 Å². The third-order valence-corrected chi connectivity index (χ3v) is 5.22. The number of nitrogens with one attached hydrogen (secondary N) is 1. The summed E-state index contributed by atoms with van der Waals surface area (Å²) in [7, 11) is 1.36. The molecule has 27 heavy (non-hydrogen) atoms. The molecule has 2 aromatic carbocycles. The van der Waals surface area contributed by atoms with Gasteiger partial charge in [-0.1, -0.05) is 30.3 Å². The molecule has 0 radical (unpaired) electrons. The minimum absolute atomic E-state index is 0.0163. The third-order valence-electron chi connectivity index (χ3n) is 5.22. The summed E-state index contributed by atoms with van der Waals surface area (Å²) in [5, 5.41) is 2.95. The number of hydrogen-bond donors (Lipinski definition) is 1. The van der Waals surface area contributed by atoms with Crippen LogP contribution in [0, 0.1) is 0 Å². The molecule has 2 aliphatic rings. The van der Waals surface area contributed by atoms with E-state index in [1.807, 2.05) is 24.3 Å². The van der Waals surface area contributed by atoms with E-state index in [4.69, 9.17) is 0 Å². The van der Waals surface area contributed by atoms with Crippen LogP contribution in [0.5, 0.6) is 0 Å². The number of para-hydroxylation sites is 1. The topological polar surface area (TPSA) is 61.9 Å². The Morgan fingerprint density at radius 2 is 1.85 bits per heavy atom. The van der Waals surface area contributed by atoms with E-state index in [0.29, 0.717) is 18.7 Å². The maximum absolute atomic E-state index is 12.4. The number of rotatable bonds is 4. The van der Waals surface area contributed by atoms with E-state index >= 15 is 0 Å². The predicted octanol–water partition coefficient (Wildman–Crippen LogP) is 2.43. The van der Waals surface area contributed by atoms with Gasteiger partial charge in [-0.05, 0) is 35.7 Å². The zero-order valence-corrected chi connectivity index (χ0v) is 15.4. The van der Waals surface area contributed by atoms with Crippen molar-refractivity contribution in [1.29, 1.82) is 0 Å². The summed E-state index contributed by atoms with van der Waals surface area (Å²) in [4.78, 5) is 27.6. The van der Waals surface area contributed by atoms with Gasteiger partial charge in [0.05, 0.1) is 13.2 Å². The van der Waals surface area contributed by atoms with E-state index < -0.39 is 0 Å². The first-order chi connectivity index (χ1) is 13.1. The van der Waals surface area contributed by atoms with Crippen molar-refractivity contribution in [2.45, 2.75) is 19.0 Å². The number of anilines is 1. The van der Waals surface area contributed by atoms with E-state index in [-0.39, 0.29) is 18.0 Å². The second kappa shape index (κ2) is 7.31. The minimum Gasteiger partial charge on any atom is -0.453 e. The molecular weight excluding hydrogens is 342 g/mol. The van der Waals surface area contributed by atoms with Gasteiger partial charge in [-0.2, -0.15) is 0 Å². The molecule has 0 spiro atoms. The highest BCUT2D eigenvalue weighted by molar-refractivity contribution is 5.94. The normalized spacial score (nSPS) is 15.9. The zero-order chi connectivity index (χ0) is 18.8. The summed E-state index contributed by atoms with van der Waals surface area (Å²) in [6, 6.07) is 16.2. The number of methoxy groups -OCH3 is 1. The fourth-order valence-electron chi connectivity index (χ4n) is 3.67. The number of benzene rings is 2. The van der Waals surface area contributed by atoms with Crippen LogP contribution in [0.25, 0.3) is 0 Å². The molecular formula is C21H23N3O3. The molecule has 6 heteroatoms. The highest BCUT2D eigenvalue weighted by Gasteiger charge is 2.32. The molecule has 2 aliphatic heterocycles. The van der Waals surface area contributed by atoms with Crippen molar-refractivity contribution < 1.29 is 14.3 Å². The molecule has 0 bridgehead atoms. The van der Waals surface area contributed by atoms with Gasteiger partial charge in [-0.15, -0.1) is 0 Å². The standard InChI is InChI=1S/C21H23N3O3/c1-27-21(26)24-13-18(14-24)22-20(25)17-8-6-15(7-9-17)12-23-11-10-16-4-2-3-5-19(16)23/h2-9,18H,10-14H2,1H3,(H,22,25). The van der Waals surface area contributed by atoms with Gasteiger partial charge in [0.15, 0.2) is 0 Å². The summed E-state index contributed by atoms with van der Waals surface area (Å²) in [6.45, 7) is 2.85. The second-order valence-corrected chi connectivity index (χ2v) is 7.04. The number of likely N-dealkylation sites (tertiary alicyclic amines) is 1. The number of carbonyl (C=O) groups excluding carboxylic acids is 2. The van der Waals surface area contributed by atoms with Crippen molar-refractivity contribution in [2.75, 3.05) is 31.6 Å². The molecule has 6 nitrogen and oxygen atoms in total. The van der Waals surface area contributed by atoms with E-state index in [1.54, 1.807) is 4.90 Å².